The zero-order valence-corrected chi connectivity index (χ0v) is 26.9. The monoisotopic (exact) mass is 697 g/mol. The highest BCUT2D eigenvalue weighted by Crippen LogP contribution is 2.40. The summed E-state index contributed by atoms with van der Waals surface area (Å²) in [5.41, 5.74) is 7.64. The van der Waals surface area contributed by atoms with E-state index in [2.05, 4.69) is 10.1 Å². The Morgan fingerprint density at radius 3 is 2.41 bits per heavy atom. The van der Waals surface area contributed by atoms with E-state index in [1.165, 1.54) is 46.9 Å². The normalized spacial score (nSPS) is 16.0. The summed E-state index contributed by atoms with van der Waals surface area (Å²) in [6, 6.07) is 12.8. The number of hydrogen-bond donors (Lipinski definition) is 2. The molecule has 0 amide bonds. The molecule has 1 saturated heterocycles. The van der Waals surface area contributed by atoms with Crippen LogP contribution in [-0.2, 0) is 10.0 Å². The molecule has 1 aliphatic carbocycles. The lowest BCUT2D eigenvalue weighted by molar-refractivity contribution is -0.0506. The summed E-state index contributed by atoms with van der Waals surface area (Å²) < 4.78 is 94.8. The molecule has 2 fully saturated rings. The first-order valence-corrected chi connectivity index (χ1v) is 17.1. The minimum absolute atomic E-state index is 0.0365. The number of para-hydroxylation sites is 1. The van der Waals surface area contributed by atoms with E-state index in [0.29, 0.717) is 47.7 Å². The van der Waals surface area contributed by atoms with Crippen LogP contribution in [0.3, 0.4) is 0 Å². The SMILES string of the molecule is Cc1cc(Oc2ccccc2F)cc(F)c1-n1ncc(C(=O)c2cc3cc(OC(F)F)c(C4CCN(S(=O)(=O)C5CC5)CC4)cc3[nH]2)c1N. The van der Waals surface area contributed by atoms with E-state index < -0.39 is 34.1 Å². The van der Waals surface area contributed by atoms with E-state index in [9.17, 15) is 26.4 Å². The summed E-state index contributed by atoms with van der Waals surface area (Å²) in [6.45, 7) is -0.968. The minimum atomic E-state index is -3.35. The van der Waals surface area contributed by atoms with Crippen molar-refractivity contribution in [1.82, 2.24) is 19.1 Å². The second kappa shape index (κ2) is 12.5. The molecule has 3 N–H and O–H groups in total. The van der Waals surface area contributed by atoms with E-state index >= 15 is 4.39 Å². The van der Waals surface area contributed by atoms with Gasteiger partial charge in [0.1, 0.15) is 23.0 Å². The first-order chi connectivity index (χ1) is 23.4. The molecule has 2 aliphatic rings. The number of ketones is 1. The lowest BCUT2D eigenvalue weighted by Crippen LogP contribution is -2.39. The molecule has 1 aliphatic heterocycles. The number of alkyl halides is 2. The summed E-state index contributed by atoms with van der Waals surface area (Å²) in [4.78, 5) is 16.7. The third-order valence-corrected chi connectivity index (χ3v) is 11.4. The molecule has 7 rings (SSSR count). The average molecular weight is 698 g/mol. The van der Waals surface area contributed by atoms with Crippen molar-refractivity contribution in [3.05, 3.63) is 94.8 Å². The maximum absolute atomic E-state index is 15.4. The number of fused-ring (bicyclic) bond motifs is 1. The number of sulfonamides is 1. The number of nitrogens with one attached hydrogen (secondary N) is 1. The molecule has 0 atom stereocenters. The Balaban J connectivity index is 1.15. The van der Waals surface area contributed by atoms with Gasteiger partial charge in [-0.1, -0.05) is 12.1 Å². The van der Waals surface area contributed by atoms with E-state index in [1.807, 2.05) is 0 Å². The Bertz CT molecular complexity index is 2170. The van der Waals surface area contributed by atoms with Crippen LogP contribution in [0.15, 0.2) is 60.8 Å². The summed E-state index contributed by atoms with van der Waals surface area (Å²) in [5, 5.41) is 4.26. The van der Waals surface area contributed by atoms with Crippen molar-refractivity contribution in [2.24, 2.45) is 0 Å². The van der Waals surface area contributed by atoms with E-state index in [0.717, 1.165) is 10.7 Å². The van der Waals surface area contributed by atoms with Crippen LogP contribution >= 0.6 is 0 Å². The predicted octanol–water partition coefficient (Wildman–Crippen LogP) is 6.82. The van der Waals surface area contributed by atoms with Gasteiger partial charge in [0.15, 0.2) is 17.4 Å². The number of aryl methyl sites for hydroxylation is 1. The van der Waals surface area contributed by atoms with Gasteiger partial charge in [-0.2, -0.15) is 13.9 Å². The molecule has 0 bridgehead atoms. The third-order valence-electron chi connectivity index (χ3n) is 8.97. The van der Waals surface area contributed by atoms with E-state index in [-0.39, 0.29) is 64.3 Å². The molecule has 256 valence electrons. The summed E-state index contributed by atoms with van der Waals surface area (Å²) in [7, 11) is -3.35. The number of nitrogens with two attached hydrogens (primary N) is 1. The molecular formula is C34H31F4N5O5S. The van der Waals surface area contributed by atoms with Crippen LogP contribution in [0.5, 0.6) is 17.2 Å². The fraction of sp³-hybridized carbons (Fsp3) is 0.294. The average Bonchev–Trinajstić information content (AvgIpc) is 3.75. The number of aromatic amines is 1. The van der Waals surface area contributed by atoms with Crippen molar-refractivity contribution >= 4 is 32.5 Å². The Hall–Kier alpha value is -4.89. The van der Waals surface area contributed by atoms with Gasteiger partial charge in [0.25, 0.3) is 0 Å². The van der Waals surface area contributed by atoms with Gasteiger partial charge in [-0.3, -0.25) is 4.79 Å². The number of H-pyrrole nitrogens is 1. The van der Waals surface area contributed by atoms with Crippen LogP contribution in [0.1, 0.15) is 58.8 Å². The van der Waals surface area contributed by atoms with E-state index in [4.69, 9.17) is 15.2 Å². The zero-order chi connectivity index (χ0) is 34.6. The van der Waals surface area contributed by atoms with Crippen molar-refractivity contribution in [2.45, 2.75) is 50.4 Å². The number of benzene rings is 3. The van der Waals surface area contributed by atoms with Crippen molar-refractivity contribution < 1.29 is 40.2 Å². The highest BCUT2D eigenvalue weighted by molar-refractivity contribution is 7.90. The first-order valence-electron chi connectivity index (χ1n) is 15.6. The molecule has 0 unspecified atom stereocenters. The van der Waals surface area contributed by atoms with Gasteiger partial charge in [-0.05, 0) is 86.1 Å². The highest BCUT2D eigenvalue weighted by atomic mass is 32.2. The molecule has 3 aromatic carbocycles. The minimum Gasteiger partial charge on any atom is -0.454 e. The lowest BCUT2D eigenvalue weighted by atomic mass is 9.89. The second-order valence-corrected chi connectivity index (χ2v) is 14.5. The number of piperidine rings is 1. The molecular weight excluding hydrogens is 666 g/mol. The van der Waals surface area contributed by atoms with Gasteiger partial charge < -0.3 is 20.2 Å². The maximum atomic E-state index is 15.4. The van der Waals surface area contributed by atoms with Crippen LogP contribution in [0.2, 0.25) is 0 Å². The Kier molecular flexibility index (Phi) is 8.35. The van der Waals surface area contributed by atoms with Crippen LogP contribution in [-0.4, -0.2) is 58.2 Å². The van der Waals surface area contributed by atoms with Crippen molar-refractivity contribution in [1.29, 1.82) is 0 Å². The maximum Gasteiger partial charge on any atom is 0.387 e. The Labute approximate surface area is 278 Å². The number of nitrogen functional groups attached to an aromatic ring is 1. The van der Waals surface area contributed by atoms with Crippen molar-refractivity contribution in [2.75, 3.05) is 18.8 Å². The molecule has 15 heteroatoms. The smallest absolute Gasteiger partial charge is 0.387 e. The first kappa shape index (κ1) is 32.6. The quantitative estimate of drug-likeness (QED) is 0.121. The molecule has 49 heavy (non-hydrogen) atoms. The highest BCUT2D eigenvalue weighted by Gasteiger charge is 2.41. The van der Waals surface area contributed by atoms with Crippen molar-refractivity contribution in [3.8, 4) is 22.9 Å². The molecule has 10 nitrogen and oxygen atoms in total. The van der Waals surface area contributed by atoms with Gasteiger partial charge >= 0.3 is 6.61 Å². The topological polar surface area (TPSA) is 133 Å². The number of anilines is 1. The lowest BCUT2D eigenvalue weighted by Gasteiger charge is -2.32. The number of ether oxygens (including phenoxy) is 2. The van der Waals surface area contributed by atoms with Crippen LogP contribution in [0.25, 0.3) is 16.6 Å². The van der Waals surface area contributed by atoms with Gasteiger partial charge in [-0.25, -0.2) is 26.2 Å². The molecule has 1 saturated carbocycles. The van der Waals surface area contributed by atoms with Crippen LogP contribution in [0.4, 0.5) is 23.4 Å². The number of halogens is 4. The number of carbonyl (C=O) groups excluding carboxylic acids is 1. The molecule has 0 spiro atoms. The number of carbonyl (C=O) groups is 1. The van der Waals surface area contributed by atoms with Crippen LogP contribution in [0, 0.1) is 18.6 Å². The largest absolute Gasteiger partial charge is 0.454 e. The molecule has 5 aromatic rings. The summed E-state index contributed by atoms with van der Waals surface area (Å²) in [5.74, 6) is -2.45. The standard InChI is InChI=1S/C34H31F4N5O5S/c1-18-12-21(47-29-5-3-2-4-25(29)35)15-26(36)31(18)43-33(39)24(17-40-43)32(44)28-13-20-14-30(48-34(37)38)23(16-27(20)41-28)19-8-10-42(11-9-19)49(45,46)22-6-7-22/h2-5,12-17,19,22,34,41H,6-11,39H2,1H3. The molecule has 0 radical (unpaired) electrons. The van der Waals surface area contributed by atoms with Gasteiger partial charge in [0, 0.05) is 30.1 Å². The zero-order valence-electron chi connectivity index (χ0n) is 26.1. The van der Waals surface area contributed by atoms with Crippen molar-refractivity contribution in [3.63, 3.8) is 0 Å². The van der Waals surface area contributed by atoms with E-state index in [1.54, 1.807) is 19.1 Å². The number of aromatic nitrogens is 3. The summed E-state index contributed by atoms with van der Waals surface area (Å²) in [6.07, 6.45) is 3.36. The fourth-order valence-corrected chi connectivity index (χ4v) is 8.23. The second-order valence-electron chi connectivity index (χ2n) is 12.2. The van der Waals surface area contributed by atoms with Crippen LogP contribution < -0.4 is 15.2 Å². The number of hydrogen-bond acceptors (Lipinski definition) is 7. The Morgan fingerprint density at radius 2 is 1.73 bits per heavy atom. The fourth-order valence-electron chi connectivity index (χ4n) is 6.36. The Morgan fingerprint density at radius 1 is 1.00 bits per heavy atom. The number of rotatable bonds is 10. The molecule has 3 heterocycles. The predicted molar refractivity (Wildman–Crippen MR) is 173 cm³/mol. The van der Waals surface area contributed by atoms with Gasteiger partial charge in [-0.15, -0.1) is 0 Å². The molecule has 2 aromatic heterocycles. The summed E-state index contributed by atoms with van der Waals surface area (Å²) >= 11 is 0. The number of nitrogens with zero attached hydrogens (tertiary/aromatic N) is 3. The van der Waals surface area contributed by atoms with Gasteiger partial charge in [0.2, 0.25) is 15.8 Å². The van der Waals surface area contributed by atoms with Gasteiger partial charge in [0.05, 0.1) is 22.7 Å². The third kappa shape index (κ3) is 6.23.